The Bertz CT molecular complexity index is 356. The van der Waals surface area contributed by atoms with Gasteiger partial charge in [0.1, 0.15) is 0 Å². The minimum atomic E-state index is -3.04. The van der Waals surface area contributed by atoms with Crippen molar-refractivity contribution < 1.29 is 8.42 Å². The first-order valence-corrected chi connectivity index (χ1v) is 8.88. The molecule has 6 heteroatoms. The van der Waals surface area contributed by atoms with Gasteiger partial charge < -0.3 is 5.32 Å². The molecule has 2 fully saturated rings. The van der Waals surface area contributed by atoms with Crippen LogP contribution in [0.1, 0.15) is 44.9 Å². The lowest BCUT2D eigenvalue weighted by molar-refractivity contribution is 0.353. The minimum absolute atomic E-state index is 0. The summed E-state index contributed by atoms with van der Waals surface area (Å²) in [4.78, 5) is 0. The van der Waals surface area contributed by atoms with Crippen molar-refractivity contribution in [2.24, 2.45) is 5.92 Å². The fraction of sp³-hybridized carbons (Fsp3) is 1.00. The highest BCUT2D eigenvalue weighted by Crippen LogP contribution is 2.28. The van der Waals surface area contributed by atoms with E-state index in [2.05, 4.69) is 5.32 Å². The molecule has 0 bridgehead atoms. The van der Waals surface area contributed by atoms with Crippen LogP contribution in [0.4, 0.5) is 0 Å². The zero-order valence-corrected chi connectivity index (χ0v) is 13.4. The number of hydrogen-bond donors (Lipinski definition) is 1. The fourth-order valence-electron chi connectivity index (χ4n) is 3.36. The summed E-state index contributed by atoms with van der Waals surface area (Å²) in [7, 11) is -1.14. The van der Waals surface area contributed by atoms with Gasteiger partial charge in [-0.25, -0.2) is 8.42 Å². The molecule has 0 aromatic rings. The maximum Gasteiger partial charge on any atom is 0.214 e. The van der Waals surface area contributed by atoms with Crippen LogP contribution in [-0.2, 0) is 10.0 Å². The van der Waals surface area contributed by atoms with Crippen LogP contribution < -0.4 is 5.32 Å². The standard InChI is InChI=1S/C13H26N2O2S.ClH/c1-14-10-13-8-5-9-15(13)18(16,17)11-12-6-3-2-4-7-12;/h12-14H,2-11H2,1H3;1H. The molecule has 1 atom stereocenters. The topological polar surface area (TPSA) is 49.4 Å². The zero-order valence-electron chi connectivity index (χ0n) is 11.8. The van der Waals surface area contributed by atoms with Gasteiger partial charge in [-0.1, -0.05) is 19.3 Å². The van der Waals surface area contributed by atoms with Gasteiger partial charge in [0.25, 0.3) is 0 Å². The van der Waals surface area contributed by atoms with E-state index in [0.29, 0.717) is 11.7 Å². The van der Waals surface area contributed by atoms with Crippen molar-refractivity contribution in [2.75, 3.05) is 25.9 Å². The predicted molar refractivity (Wildman–Crippen MR) is 81.3 cm³/mol. The number of hydrogen-bond acceptors (Lipinski definition) is 3. The van der Waals surface area contributed by atoms with E-state index in [1.54, 1.807) is 4.31 Å². The van der Waals surface area contributed by atoms with Crippen LogP contribution in [0.5, 0.6) is 0 Å². The van der Waals surface area contributed by atoms with Gasteiger partial charge in [0.15, 0.2) is 0 Å². The molecule has 0 spiro atoms. The Kier molecular flexibility index (Phi) is 7.08. The van der Waals surface area contributed by atoms with E-state index in [-0.39, 0.29) is 18.4 Å². The molecule has 1 N–H and O–H groups in total. The molecule has 19 heavy (non-hydrogen) atoms. The first-order valence-electron chi connectivity index (χ1n) is 7.27. The van der Waals surface area contributed by atoms with Gasteiger partial charge in [0.2, 0.25) is 10.0 Å². The summed E-state index contributed by atoms with van der Waals surface area (Å²) in [5.41, 5.74) is 0. The minimum Gasteiger partial charge on any atom is -0.318 e. The van der Waals surface area contributed by atoms with Crippen molar-refractivity contribution in [1.29, 1.82) is 0 Å². The molecular formula is C13H27ClN2O2S. The molecule has 2 aliphatic rings. The maximum atomic E-state index is 12.5. The number of halogens is 1. The highest BCUT2D eigenvalue weighted by molar-refractivity contribution is 7.89. The summed E-state index contributed by atoms with van der Waals surface area (Å²) in [6.45, 7) is 1.51. The molecule has 0 aromatic heterocycles. The van der Waals surface area contributed by atoms with E-state index in [1.807, 2.05) is 7.05 Å². The lowest BCUT2D eigenvalue weighted by Crippen LogP contribution is -2.43. The smallest absolute Gasteiger partial charge is 0.214 e. The van der Waals surface area contributed by atoms with E-state index in [0.717, 1.165) is 38.8 Å². The van der Waals surface area contributed by atoms with Crippen LogP contribution in [0.3, 0.4) is 0 Å². The van der Waals surface area contributed by atoms with Gasteiger partial charge >= 0.3 is 0 Å². The SMILES string of the molecule is CNCC1CCCN1S(=O)(=O)CC1CCCCC1.Cl. The highest BCUT2D eigenvalue weighted by atomic mass is 35.5. The normalized spacial score (nSPS) is 26.3. The highest BCUT2D eigenvalue weighted by Gasteiger charge is 2.35. The Hall–Kier alpha value is 0.160. The van der Waals surface area contributed by atoms with Crippen LogP contribution >= 0.6 is 12.4 Å². The summed E-state index contributed by atoms with van der Waals surface area (Å²) in [5.74, 6) is 0.785. The molecule has 1 saturated heterocycles. The van der Waals surface area contributed by atoms with E-state index in [1.165, 1.54) is 19.3 Å². The first-order chi connectivity index (χ1) is 8.63. The summed E-state index contributed by atoms with van der Waals surface area (Å²) >= 11 is 0. The van der Waals surface area contributed by atoms with E-state index >= 15 is 0 Å². The molecular weight excluding hydrogens is 284 g/mol. The van der Waals surface area contributed by atoms with Gasteiger partial charge in [-0.05, 0) is 38.6 Å². The van der Waals surface area contributed by atoms with Crippen LogP contribution in [0, 0.1) is 5.92 Å². The van der Waals surface area contributed by atoms with E-state index in [9.17, 15) is 8.42 Å². The van der Waals surface area contributed by atoms with Crippen molar-refractivity contribution in [2.45, 2.75) is 51.0 Å². The third-order valence-electron chi connectivity index (χ3n) is 4.29. The van der Waals surface area contributed by atoms with Gasteiger partial charge in [0, 0.05) is 19.1 Å². The van der Waals surface area contributed by atoms with Crippen LogP contribution in [0.25, 0.3) is 0 Å². The van der Waals surface area contributed by atoms with E-state index < -0.39 is 10.0 Å². The third kappa shape index (κ3) is 4.59. The van der Waals surface area contributed by atoms with E-state index in [4.69, 9.17) is 0 Å². The molecule has 1 aliphatic carbocycles. The Balaban J connectivity index is 0.00000180. The predicted octanol–water partition coefficient (Wildman–Crippen LogP) is 2.00. The quantitative estimate of drug-likeness (QED) is 0.845. The molecule has 1 heterocycles. The second-order valence-corrected chi connectivity index (χ2v) is 7.71. The van der Waals surface area contributed by atoms with Crippen molar-refractivity contribution in [3.63, 3.8) is 0 Å². The van der Waals surface area contributed by atoms with Crippen molar-refractivity contribution in [1.82, 2.24) is 9.62 Å². The van der Waals surface area contributed by atoms with Gasteiger partial charge in [0.05, 0.1) is 5.75 Å². The number of nitrogens with zero attached hydrogens (tertiary/aromatic N) is 1. The summed E-state index contributed by atoms with van der Waals surface area (Å²) in [6, 6.07) is 0.184. The zero-order chi connectivity index (χ0) is 13.0. The van der Waals surface area contributed by atoms with Crippen LogP contribution in [-0.4, -0.2) is 44.7 Å². The van der Waals surface area contributed by atoms with Crippen LogP contribution in [0.15, 0.2) is 0 Å². The Labute approximate surface area is 123 Å². The Morgan fingerprint density at radius 3 is 2.42 bits per heavy atom. The van der Waals surface area contributed by atoms with Crippen molar-refractivity contribution in [3.05, 3.63) is 0 Å². The lowest BCUT2D eigenvalue weighted by atomic mass is 9.91. The largest absolute Gasteiger partial charge is 0.318 e. The summed E-state index contributed by atoms with van der Waals surface area (Å²) in [5, 5.41) is 3.11. The Morgan fingerprint density at radius 2 is 1.79 bits per heavy atom. The van der Waals surface area contributed by atoms with Gasteiger partial charge in [-0.3, -0.25) is 0 Å². The number of likely N-dealkylation sites (N-methyl/N-ethyl adjacent to an activating group) is 1. The average Bonchev–Trinajstić information content (AvgIpc) is 2.79. The Morgan fingerprint density at radius 1 is 1.11 bits per heavy atom. The van der Waals surface area contributed by atoms with Crippen LogP contribution in [0.2, 0.25) is 0 Å². The monoisotopic (exact) mass is 310 g/mol. The first kappa shape index (κ1) is 17.2. The van der Waals surface area contributed by atoms with Gasteiger partial charge in [-0.2, -0.15) is 4.31 Å². The maximum absolute atomic E-state index is 12.5. The second kappa shape index (κ2) is 7.81. The molecule has 114 valence electrons. The third-order valence-corrected chi connectivity index (χ3v) is 6.38. The molecule has 0 amide bonds. The second-order valence-electron chi connectivity index (χ2n) is 5.75. The van der Waals surface area contributed by atoms with Crippen molar-refractivity contribution in [3.8, 4) is 0 Å². The van der Waals surface area contributed by atoms with Gasteiger partial charge in [-0.15, -0.1) is 12.4 Å². The van der Waals surface area contributed by atoms with Crippen molar-refractivity contribution >= 4 is 22.4 Å². The average molecular weight is 311 g/mol. The molecule has 0 radical (unpaired) electrons. The molecule has 4 nitrogen and oxygen atoms in total. The molecule has 1 aliphatic heterocycles. The number of sulfonamides is 1. The fourth-order valence-corrected chi connectivity index (χ4v) is 5.52. The summed E-state index contributed by atoms with van der Waals surface area (Å²) in [6.07, 6.45) is 7.91. The number of rotatable bonds is 5. The molecule has 1 saturated carbocycles. The molecule has 2 rings (SSSR count). The summed E-state index contributed by atoms with van der Waals surface area (Å²) < 4.78 is 26.7. The molecule has 0 aromatic carbocycles. The number of nitrogens with one attached hydrogen (secondary N) is 1. The lowest BCUT2D eigenvalue weighted by Gasteiger charge is -2.28. The molecule has 1 unspecified atom stereocenters.